The second-order valence-corrected chi connectivity index (χ2v) is 11.2. The van der Waals surface area contributed by atoms with Crippen LogP contribution < -0.4 is 23.8 Å². The van der Waals surface area contributed by atoms with E-state index in [4.69, 9.17) is 13.6 Å². The summed E-state index contributed by atoms with van der Waals surface area (Å²) >= 11 is 0. The Kier molecular flexibility index (Phi) is 24.2. The first-order valence-electron chi connectivity index (χ1n) is 15.0. The number of rotatable bonds is 18. The van der Waals surface area contributed by atoms with Crippen LogP contribution in [0.3, 0.4) is 0 Å². The maximum Gasteiger partial charge on any atom is 2.00 e. The Balaban J connectivity index is 0.000000740. The van der Waals surface area contributed by atoms with E-state index in [9.17, 15) is 24.4 Å². The van der Waals surface area contributed by atoms with Crippen LogP contribution in [0.4, 0.5) is 0 Å². The first-order chi connectivity index (χ1) is 20.8. The summed E-state index contributed by atoms with van der Waals surface area (Å²) in [5.74, 6) is -0.624. The molecule has 0 N–H and O–H groups in total. The number of hydrogen-bond donors (Lipinski definition) is 0. The molecule has 0 amide bonds. The monoisotopic (exact) mass is 670 g/mol. The quantitative estimate of drug-likeness (QED) is 0.0773. The van der Waals surface area contributed by atoms with Crippen molar-refractivity contribution in [1.82, 2.24) is 0 Å². The van der Waals surface area contributed by atoms with Crippen LogP contribution in [0.25, 0.3) is 0 Å². The molecule has 0 aliphatic carbocycles. The maximum atomic E-state index is 13.1. The molecular weight excluding hydrogens is 626 g/mol. The molecule has 0 radical (unpaired) electrons. The molecule has 10 heteroatoms. The normalized spacial score (nSPS) is 10.0. The van der Waals surface area contributed by atoms with Gasteiger partial charge < -0.3 is 33.4 Å². The third-order valence-corrected chi connectivity index (χ3v) is 7.15. The number of phosphoric ester groups is 1. The Morgan fingerprint density at radius 1 is 0.523 bits per heavy atom. The zero-order valence-corrected chi connectivity index (χ0v) is 27.6. The van der Waals surface area contributed by atoms with Gasteiger partial charge in [-0.15, -0.1) is 0 Å². The topological polar surface area (TPSA) is 125 Å². The molecule has 0 spiro atoms. The second kappa shape index (κ2) is 26.2. The Morgan fingerprint density at radius 2 is 0.795 bits per heavy atom. The fourth-order valence-corrected chi connectivity index (χ4v) is 4.88. The van der Waals surface area contributed by atoms with Crippen molar-refractivity contribution in [3.8, 4) is 17.2 Å². The summed E-state index contributed by atoms with van der Waals surface area (Å²) in [5, 5.41) is 19.8. The summed E-state index contributed by atoms with van der Waals surface area (Å²) in [6, 6.07) is 26.4. The van der Waals surface area contributed by atoms with Crippen LogP contribution in [0.1, 0.15) is 90.9 Å². The molecular formula is C34H45NiO8P. The van der Waals surface area contributed by atoms with E-state index in [2.05, 4.69) is 13.8 Å². The number of phosphoric acid groups is 1. The summed E-state index contributed by atoms with van der Waals surface area (Å²) in [4.78, 5) is 19.8. The molecule has 0 saturated carbocycles. The minimum atomic E-state index is -3.89. The zero-order valence-electron chi connectivity index (χ0n) is 25.7. The minimum absolute atomic E-state index is 0. The van der Waals surface area contributed by atoms with Crippen LogP contribution in [0.15, 0.2) is 91.0 Å². The van der Waals surface area contributed by atoms with Crippen molar-refractivity contribution in [2.45, 2.75) is 90.9 Å². The van der Waals surface area contributed by atoms with E-state index in [1.54, 1.807) is 72.8 Å². The third-order valence-electron chi connectivity index (χ3n) is 5.85. The van der Waals surface area contributed by atoms with Crippen LogP contribution >= 0.6 is 7.82 Å². The van der Waals surface area contributed by atoms with Gasteiger partial charge in [0.15, 0.2) is 0 Å². The smallest absolute Gasteiger partial charge is 0.550 e. The summed E-state index contributed by atoms with van der Waals surface area (Å²) in [7, 11) is -3.89. The van der Waals surface area contributed by atoms with Gasteiger partial charge in [0.2, 0.25) is 0 Å². The van der Waals surface area contributed by atoms with E-state index in [-0.39, 0.29) is 29.3 Å². The Labute approximate surface area is 272 Å². The molecule has 0 heterocycles. The Bertz CT molecular complexity index is 1030. The standard InChI is InChI=1S/C18H15O4P.2C8H16O2.Ni/c19-23(20-16-10-4-1-5-11-16,21-17-12-6-2-7-13-17)22-18-14-8-3-9-15-18;2*1-2-3-4-5-6-7-8(9)10;/h1-15H;2*2-7H2,1H3,(H,9,10);/q;;;+2/p-2. The van der Waals surface area contributed by atoms with Gasteiger partial charge in [0.25, 0.3) is 0 Å². The van der Waals surface area contributed by atoms with E-state index in [1.807, 2.05) is 18.2 Å². The largest absolute Gasteiger partial charge is 2.00 e. The third kappa shape index (κ3) is 22.3. The number of para-hydroxylation sites is 3. The van der Waals surface area contributed by atoms with Crippen molar-refractivity contribution in [2.24, 2.45) is 0 Å². The first-order valence-corrected chi connectivity index (χ1v) is 16.5. The van der Waals surface area contributed by atoms with E-state index in [0.29, 0.717) is 17.2 Å². The number of carbonyl (C=O) groups is 2. The predicted octanol–water partition coefficient (Wildman–Crippen LogP) is 7.52. The van der Waals surface area contributed by atoms with Gasteiger partial charge in [-0.1, -0.05) is 120 Å². The number of carboxylic acids is 2. The number of carboxylic acid groups (broad SMARTS) is 2. The molecule has 44 heavy (non-hydrogen) atoms. The molecule has 3 aromatic rings. The number of benzene rings is 3. The molecule has 0 aliphatic rings. The zero-order chi connectivity index (χ0) is 31.6. The van der Waals surface area contributed by atoms with E-state index in [1.165, 1.54) is 25.7 Å². The SMILES string of the molecule is CCCCCCCC(=O)[O-].CCCCCCCC(=O)[O-].O=P(Oc1ccccc1)(Oc1ccccc1)Oc1ccccc1.[Ni+2]. The van der Waals surface area contributed by atoms with E-state index >= 15 is 0 Å². The summed E-state index contributed by atoms with van der Waals surface area (Å²) in [5.41, 5.74) is 0. The van der Waals surface area contributed by atoms with Crippen molar-refractivity contribution in [2.75, 3.05) is 0 Å². The van der Waals surface area contributed by atoms with Crippen LogP contribution in [-0.4, -0.2) is 11.9 Å². The number of aliphatic carboxylic acids is 2. The summed E-state index contributed by atoms with van der Waals surface area (Å²) in [6.45, 7) is 4.28. The average molecular weight is 671 g/mol. The molecule has 0 bridgehead atoms. The Hall–Kier alpha value is -3.28. The molecule has 0 aromatic heterocycles. The number of unbranched alkanes of at least 4 members (excludes halogenated alkanes) is 8. The van der Waals surface area contributed by atoms with Crippen molar-refractivity contribution >= 4 is 19.8 Å². The van der Waals surface area contributed by atoms with Crippen LogP contribution in [-0.2, 0) is 30.6 Å². The Morgan fingerprint density at radius 3 is 1.05 bits per heavy atom. The fourth-order valence-electron chi connectivity index (χ4n) is 3.63. The average Bonchev–Trinajstić information content (AvgIpc) is 2.99. The summed E-state index contributed by atoms with van der Waals surface area (Å²) < 4.78 is 29.6. The molecule has 0 saturated heterocycles. The van der Waals surface area contributed by atoms with Gasteiger partial charge in [-0.2, -0.15) is 4.57 Å². The van der Waals surface area contributed by atoms with Crippen molar-refractivity contribution in [3.63, 3.8) is 0 Å². The van der Waals surface area contributed by atoms with E-state index < -0.39 is 19.8 Å². The van der Waals surface area contributed by atoms with Crippen molar-refractivity contribution in [3.05, 3.63) is 91.0 Å². The fraction of sp³-hybridized carbons (Fsp3) is 0.412. The van der Waals surface area contributed by atoms with Crippen molar-refractivity contribution in [1.29, 1.82) is 0 Å². The first kappa shape index (κ1) is 40.7. The molecule has 0 unspecified atom stereocenters. The molecule has 3 rings (SSSR count). The molecule has 0 aliphatic heterocycles. The molecule has 3 aromatic carbocycles. The van der Waals surface area contributed by atoms with Gasteiger partial charge in [-0.3, -0.25) is 0 Å². The van der Waals surface area contributed by atoms with Gasteiger partial charge in [0.05, 0.1) is 0 Å². The van der Waals surface area contributed by atoms with Gasteiger partial charge in [-0.25, -0.2) is 0 Å². The van der Waals surface area contributed by atoms with Gasteiger partial charge in [-0.05, 0) is 62.1 Å². The predicted molar refractivity (Wildman–Crippen MR) is 166 cm³/mol. The van der Waals surface area contributed by atoms with Crippen LogP contribution in [0.5, 0.6) is 17.2 Å². The minimum Gasteiger partial charge on any atom is -0.550 e. The van der Waals surface area contributed by atoms with Crippen LogP contribution in [0, 0.1) is 0 Å². The van der Waals surface area contributed by atoms with Gasteiger partial charge in [0, 0.05) is 11.9 Å². The molecule has 0 atom stereocenters. The van der Waals surface area contributed by atoms with E-state index in [0.717, 1.165) is 38.5 Å². The number of hydrogen-bond acceptors (Lipinski definition) is 8. The maximum absolute atomic E-state index is 13.1. The van der Waals surface area contributed by atoms with Gasteiger partial charge >= 0.3 is 24.3 Å². The molecule has 8 nitrogen and oxygen atoms in total. The van der Waals surface area contributed by atoms with Crippen LogP contribution in [0.2, 0.25) is 0 Å². The summed E-state index contributed by atoms with van der Waals surface area (Å²) in [6.07, 6.45) is 11.2. The van der Waals surface area contributed by atoms with Gasteiger partial charge in [0.1, 0.15) is 17.2 Å². The number of carbonyl (C=O) groups excluding carboxylic acids is 2. The molecule has 244 valence electrons. The molecule has 0 fully saturated rings. The second-order valence-electron chi connectivity index (χ2n) is 9.73. The van der Waals surface area contributed by atoms with Crippen molar-refractivity contribution < 1.29 is 54.4 Å².